The Morgan fingerprint density at radius 2 is 1.87 bits per heavy atom. The molecule has 1 saturated carbocycles. The third-order valence-corrected chi connectivity index (χ3v) is 4.06. The van der Waals surface area contributed by atoms with Crippen molar-refractivity contribution < 1.29 is 5.11 Å². The van der Waals surface area contributed by atoms with E-state index in [1.54, 1.807) is 0 Å². The molecule has 1 aliphatic carbocycles. The molecule has 1 atom stereocenters. The van der Waals surface area contributed by atoms with Gasteiger partial charge in [-0.05, 0) is 31.6 Å². The molecule has 0 aliphatic heterocycles. The molecule has 1 N–H and O–H groups in total. The van der Waals surface area contributed by atoms with Gasteiger partial charge in [0.2, 0.25) is 0 Å². The summed E-state index contributed by atoms with van der Waals surface area (Å²) in [5, 5.41) is 10.1. The van der Waals surface area contributed by atoms with Crippen LogP contribution >= 0.6 is 12.6 Å². The predicted octanol–water partition coefficient (Wildman–Crippen LogP) is 4.16. The van der Waals surface area contributed by atoms with Crippen molar-refractivity contribution in [2.45, 2.75) is 76.1 Å². The van der Waals surface area contributed by atoms with Gasteiger partial charge in [-0.15, -0.1) is 12.6 Å². The molecule has 1 rings (SSSR count). The highest BCUT2D eigenvalue weighted by Gasteiger charge is 2.24. The highest BCUT2D eigenvalue weighted by molar-refractivity contribution is 7.81. The summed E-state index contributed by atoms with van der Waals surface area (Å²) < 4.78 is 0. The van der Waals surface area contributed by atoms with Gasteiger partial charge in [-0.3, -0.25) is 0 Å². The maximum Gasteiger partial charge on any atom is 0.107 e. The van der Waals surface area contributed by atoms with Gasteiger partial charge in [-0.25, -0.2) is 0 Å². The largest absolute Gasteiger partial charge is 0.380 e. The first-order valence-corrected chi connectivity index (χ1v) is 7.03. The SMILES string of the molecule is CCCCCC(O)(S)CCC1CCCC1. The standard InChI is InChI=1S/C13H26OS/c1-2-3-6-10-13(14,15)11-9-12-7-4-5-8-12/h12,14-15H,2-11H2,1H3. The number of aliphatic hydroxyl groups is 1. The summed E-state index contributed by atoms with van der Waals surface area (Å²) in [5.41, 5.74) is 0. The smallest absolute Gasteiger partial charge is 0.107 e. The summed E-state index contributed by atoms with van der Waals surface area (Å²) in [6.45, 7) is 2.19. The Balaban J connectivity index is 2.10. The molecule has 1 fully saturated rings. The second kappa shape index (κ2) is 6.80. The Labute approximate surface area is 100 Å². The zero-order chi connectivity index (χ0) is 11.1. The second-order valence-electron chi connectivity index (χ2n) is 5.13. The van der Waals surface area contributed by atoms with Crippen LogP contribution in [0.5, 0.6) is 0 Å². The minimum absolute atomic E-state index is 0.697. The molecule has 0 saturated heterocycles. The second-order valence-corrected chi connectivity index (χ2v) is 5.96. The van der Waals surface area contributed by atoms with Crippen LogP contribution in [0.2, 0.25) is 0 Å². The van der Waals surface area contributed by atoms with Crippen LogP contribution in [-0.4, -0.2) is 10.0 Å². The first kappa shape index (κ1) is 13.4. The number of hydrogen-bond acceptors (Lipinski definition) is 2. The minimum atomic E-state index is -0.697. The summed E-state index contributed by atoms with van der Waals surface area (Å²) >= 11 is 4.39. The molecule has 0 aromatic carbocycles. The van der Waals surface area contributed by atoms with E-state index in [1.165, 1.54) is 44.9 Å². The van der Waals surface area contributed by atoms with E-state index >= 15 is 0 Å². The molecule has 1 unspecified atom stereocenters. The monoisotopic (exact) mass is 230 g/mol. The minimum Gasteiger partial charge on any atom is -0.380 e. The van der Waals surface area contributed by atoms with Crippen LogP contribution in [0, 0.1) is 5.92 Å². The number of rotatable bonds is 7. The zero-order valence-corrected chi connectivity index (χ0v) is 10.9. The van der Waals surface area contributed by atoms with Crippen LogP contribution in [0.1, 0.15) is 71.1 Å². The molecule has 15 heavy (non-hydrogen) atoms. The Morgan fingerprint density at radius 3 is 2.47 bits per heavy atom. The molecule has 0 bridgehead atoms. The molecule has 0 amide bonds. The van der Waals surface area contributed by atoms with Crippen LogP contribution < -0.4 is 0 Å². The summed E-state index contributed by atoms with van der Waals surface area (Å²) in [6.07, 6.45) is 12.0. The first-order chi connectivity index (χ1) is 7.14. The number of unbranched alkanes of at least 4 members (excludes halogenated alkanes) is 2. The molecule has 1 aliphatic rings. The fraction of sp³-hybridized carbons (Fsp3) is 1.00. The fourth-order valence-electron chi connectivity index (χ4n) is 2.52. The summed E-state index contributed by atoms with van der Waals surface area (Å²) in [7, 11) is 0. The zero-order valence-electron chi connectivity index (χ0n) is 10.0. The fourth-order valence-corrected chi connectivity index (χ4v) is 2.80. The van der Waals surface area contributed by atoms with Gasteiger partial charge in [-0.2, -0.15) is 0 Å². The van der Waals surface area contributed by atoms with Crippen LogP contribution in [0.15, 0.2) is 0 Å². The van der Waals surface area contributed by atoms with E-state index in [-0.39, 0.29) is 0 Å². The Kier molecular flexibility index (Phi) is 6.06. The molecule has 1 nitrogen and oxygen atoms in total. The molecule has 2 heteroatoms. The van der Waals surface area contributed by atoms with Gasteiger partial charge in [0.05, 0.1) is 0 Å². The van der Waals surface area contributed by atoms with Gasteiger partial charge in [-0.1, -0.05) is 45.4 Å². The number of hydrogen-bond donors (Lipinski definition) is 2. The summed E-state index contributed by atoms with van der Waals surface area (Å²) in [6, 6.07) is 0. The van der Waals surface area contributed by atoms with Crippen molar-refractivity contribution >= 4 is 12.6 Å². The maximum absolute atomic E-state index is 10.1. The highest BCUT2D eigenvalue weighted by Crippen LogP contribution is 2.33. The van der Waals surface area contributed by atoms with Gasteiger partial charge < -0.3 is 5.11 Å². The van der Waals surface area contributed by atoms with Crippen molar-refractivity contribution in [3.05, 3.63) is 0 Å². The predicted molar refractivity (Wildman–Crippen MR) is 69.3 cm³/mol. The molecule has 0 radical (unpaired) electrons. The van der Waals surface area contributed by atoms with E-state index in [1.807, 2.05) is 0 Å². The van der Waals surface area contributed by atoms with Gasteiger partial charge in [0.25, 0.3) is 0 Å². The Morgan fingerprint density at radius 1 is 1.20 bits per heavy atom. The number of thiol groups is 1. The molecular weight excluding hydrogens is 204 g/mol. The molecule has 90 valence electrons. The normalized spacial score (nSPS) is 21.8. The lowest BCUT2D eigenvalue weighted by atomic mass is 9.97. The quantitative estimate of drug-likeness (QED) is 0.382. The van der Waals surface area contributed by atoms with Crippen molar-refractivity contribution in [2.24, 2.45) is 5.92 Å². The van der Waals surface area contributed by atoms with Gasteiger partial charge in [0, 0.05) is 0 Å². The van der Waals surface area contributed by atoms with Crippen molar-refractivity contribution in [2.75, 3.05) is 0 Å². The van der Waals surface area contributed by atoms with E-state index in [2.05, 4.69) is 19.6 Å². The van der Waals surface area contributed by atoms with E-state index < -0.39 is 4.93 Å². The molecule has 0 aromatic heterocycles. The lowest BCUT2D eigenvalue weighted by Gasteiger charge is -2.23. The third-order valence-electron chi connectivity index (χ3n) is 3.61. The van der Waals surface area contributed by atoms with Crippen LogP contribution in [0.4, 0.5) is 0 Å². The topological polar surface area (TPSA) is 20.2 Å². The first-order valence-electron chi connectivity index (χ1n) is 6.59. The average Bonchev–Trinajstić information content (AvgIpc) is 2.68. The van der Waals surface area contributed by atoms with Crippen molar-refractivity contribution in [1.82, 2.24) is 0 Å². The van der Waals surface area contributed by atoms with E-state index in [9.17, 15) is 5.11 Å². The molecular formula is C13H26OS. The van der Waals surface area contributed by atoms with E-state index in [0.29, 0.717) is 0 Å². The van der Waals surface area contributed by atoms with E-state index in [0.717, 1.165) is 25.2 Å². The summed E-state index contributed by atoms with van der Waals surface area (Å²) in [5.74, 6) is 0.870. The van der Waals surface area contributed by atoms with Crippen LogP contribution in [-0.2, 0) is 0 Å². The maximum atomic E-state index is 10.1. The highest BCUT2D eigenvalue weighted by atomic mass is 32.1. The Hall–Kier alpha value is 0.310. The van der Waals surface area contributed by atoms with E-state index in [4.69, 9.17) is 0 Å². The van der Waals surface area contributed by atoms with Crippen molar-refractivity contribution in [3.8, 4) is 0 Å². The van der Waals surface area contributed by atoms with Crippen LogP contribution in [0.3, 0.4) is 0 Å². The van der Waals surface area contributed by atoms with Gasteiger partial charge in [0.1, 0.15) is 4.93 Å². The van der Waals surface area contributed by atoms with Gasteiger partial charge >= 0.3 is 0 Å². The third kappa shape index (κ3) is 5.82. The van der Waals surface area contributed by atoms with Gasteiger partial charge in [0.15, 0.2) is 0 Å². The Bertz CT molecular complexity index is 162. The molecule has 0 aromatic rings. The molecule has 0 spiro atoms. The van der Waals surface area contributed by atoms with Crippen LogP contribution in [0.25, 0.3) is 0 Å². The van der Waals surface area contributed by atoms with Crippen molar-refractivity contribution in [3.63, 3.8) is 0 Å². The summed E-state index contributed by atoms with van der Waals surface area (Å²) in [4.78, 5) is -0.697. The lowest BCUT2D eigenvalue weighted by molar-refractivity contribution is 0.108. The van der Waals surface area contributed by atoms with Crippen molar-refractivity contribution in [1.29, 1.82) is 0 Å². The molecule has 0 heterocycles. The lowest BCUT2D eigenvalue weighted by Crippen LogP contribution is -2.21. The average molecular weight is 230 g/mol.